The number of nitrogens with one attached hydrogen (secondary N) is 1. The molecule has 0 amide bonds. The van der Waals surface area contributed by atoms with Crippen LogP contribution in [-0.4, -0.2) is 5.76 Å². The molecule has 0 bridgehead atoms. The van der Waals surface area contributed by atoms with Crippen molar-refractivity contribution in [3.05, 3.63) is 51.9 Å². The summed E-state index contributed by atoms with van der Waals surface area (Å²) in [5.41, 5.74) is 1.21. The van der Waals surface area contributed by atoms with Crippen LogP contribution in [0.3, 0.4) is 0 Å². The van der Waals surface area contributed by atoms with Crippen LogP contribution in [0.2, 0.25) is 0 Å². The predicted molar refractivity (Wildman–Crippen MR) is 82.2 cm³/mol. The third-order valence-corrected chi connectivity index (χ3v) is 3.82. The molecule has 0 saturated carbocycles. The molecule has 0 aliphatic carbocycles. The molecule has 0 saturated heterocycles. The van der Waals surface area contributed by atoms with Gasteiger partial charge in [-0.2, -0.15) is 14.0 Å². The SMILES string of the molecule is N#Cc1cc(Br)ccc1NCc1ccc(CSC(F)F)o1. The Kier molecular flexibility index (Phi) is 5.65. The standard InChI is InChI=1S/C14H11BrF2N2OS/c15-10-1-4-13(9(5-10)6-18)19-7-11-2-3-12(20-11)8-21-14(16)17/h1-5,14,19H,7-8H2. The van der Waals surface area contributed by atoms with E-state index in [9.17, 15) is 8.78 Å². The number of thioether (sulfide) groups is 1. The van der Waals surface area contributed by atoms with Crippen LogP contribution in [0.15, 0.2) is 39.2 Å². The lowest BCUT2D eigenvalue weighted by atomic mass is 10.2. The molecule has 110 valence electrons. The van der Waals surface area contributed by atoms with Crippen molar-refractivity contribution in [2.75, 3.05) is 5.32 Å². The number of nitriles is 1. The van der Waals surface area contributed by atoms with Crippen molar-refractivity contribution in [1.29, 1.82) is 5.26 Å². The van der Waals surface area contributed by atoms with Crippen LogP contribution in [0.5, 0.6) is 0 Å². The second kappa shape index (κ2) is 7.48. The summed E-state index contributed by atoms with van der Waals surface area (Å²) in [5, 5.41) is 12.2. The Morgan fingerprint density at radius 3 is 2.76 bits per heavy atom. The van der Waals surface area contributed by atoms with Gasteiger partial charge in [0.2, 0.25) is 0 Å². The first-order valence-corrected chi connectivity index (χ1v) is 7.83. The van der Waals surface area contributed by atoms with Crippen LogP contribution in [0.1, 0.15) is 17.1 Å². The molecular weight excluding hydrogens is 362 g/mol. The zero-order valence-corrected chi connectivity index (χ0v) is 13.2. The van der Waals surface area contributed by atoms with Gasteiger partial charge in [0, 0.05) is 4.47 Å². The molecule has 7 heteroatoms. The monoisotopic (exact) mass is 372 g/mol. The molecule has 0 aliphatic rings. The fourth-order valence-electron chi connectivity index (χ4n) is 1.69. The van der Waals surface area contributed by atoms with E-state index in [1.807, 2.05) is 6.07 Å². The number of rotatable bonds is 6. The van der Waals surface area contributed by atoms with Crippen molar-refractivity contribution < 1.29 is 13.2 Å². The fourth-order valence-corrected chi connectivity index (χ4v) is 2.49. The van der Waals surface area contributed by atoms with Gasteiger partial charge in [-0.05, 0) is 30.3 Å². The van der Waals surface area contributed by atoms with E-state index in [2.05, 4.69) is 27.3 Å². The minimum atomic E-state index is -2.40. The van der Waals surface area contributed by atoms with Crippen molar-refractivity contribution in [1.82, 2.24) is 0 Å². The zero-order chi connectivity index (χ0) is 15.2. The Bertz CT molecular complexity index is 655. The summed E-state index contributed by atoms with van der Waals surface area (Å²) in [4.78, 5) is 0. The molecule has 3 nitrogen and oxygen atoms in total. The first kappa shape index (κ1) is 15.9. The molecule has 1 heterocycles. The van der Waals surface area contributed by atoms with E-state index >= 15 is 0 Å². The summed E-state index contributed by atoms with van der Waals surface area (Å²) in [7, 11) is 0. The summed E-state index contributed by atoms with van der Waals surface area (Å²) in [5.74, 6) is -1.13. The number of anilines is 1. The lowest BCUT2D eigenvalue weighted by Crippen LogP contribution is -2.00. The number of halogens is 3. The topological polar surface area (TPSA) is 49.0 Å². The van der Waals surface area contributed by atoms with Gasteiger partial charge < -0.3 is 9.73 Å². The maximum atomic E-state index is 12.1. The molecule has 0 radical (unpaired) electrons. The molecule has 0 fully saturated rings. The van der Waals surface area contributed by atoms with Crippen LogP contribution in [0.4, 0.5) is 14.5 Å². The van der Waals surface area contributed by atoms with Gasteiger partial charge in [-0.1, -0.05) is 27.7 Å². The summed E-state index contributed by atoms with van der Waals surface area (Å²) in [6.45, 7) is 0.385. The first-order valence-electron chi connectivity index (χ1n) is 5.99. The Hall–Kier alpha value is -1.52. The van der Waals surface area contributed by atoms with Crippen molar-refractivity contribution in [3.63, 3.8) is 0 Å². The van der Waals surface area contributed by atoms with Gasteiger partial charge >= 0.3 is 0 Å². The zero-order valence-electron chi connectivity index (χ0n) is 10.8. The summed E-state index contributed by atoms with van der Waals surface area (Å²) < 4.78 is 30.4. The Labute approximate surface area is 133 Å². The molecular formula is C14H11BrF2N2OS. The van der Waals surface area contributed by atoms with Gasteiger partial charge in [-0.25, -0.2) is 0 Å². The molecule has 1 N–H and O–H groups in total. The highest BCUT2D eigenvalue weighted by molar-refractivity contribution is 9.10. The van der Waals surface area contributed by atoms with E-state index in [1.165, 1.54) is 0 Å². The average Bonchev–Trinajstić information content (AvgIpc) is 2.91. The highest BCUT2D eigenvalue weighted by atomic mass is 79.9. The van der Waals surface area contributed by atoms with Gasteiger partial charge in [0.1, 0.15) is 17.6 Å². The van der Waals surface area contributed by atoms with Crippen LogP contribution >= 0.6 is 27.7 Å². The van der Waals surface area contributed by atoms with E-state index in [1.54, 1.807) is 24.3 Å². The smallest absolute Gasteiger partial charge is 0.284 e. The van der Waals surface area contributed by atoms with Crippen LogP contribution in [0.25, 0.3) is 0 Å². The first-order chi connectivity index (χ1) is 10.1. The van der Waals surface area contributed by atoms with E-state index in [-0.39, 0.29) is 5.75 Å². The average molecular weight is 373 g/mol. The number of benzene rings is 1. The fraction of sp³-hybridized carbons (Fsp3) is 0.214. The minimum absolute atomic E-state index is 0.138. The molecule has 0 spiro atoms. The van der Waals surface area contributed by atoms with Gasteiger partial charge in [0.15, 0.2) is 0 Å². The van der Waals surface area contributed by atoms with Crippen LogP contribution < -0.4 is 5.32 Å². The number of alkyl halides is 2. The normalized spacial score (nSPS) is 10.6. The molecule has 0 unspecified atom stereocenters. The number of furan rings is 1. The molecule has 1 aromatic heterocycles. The third kappa shape index (κ3) is 4.76. The molecule has 0 atom stereocenters. The molecule has 21 heavy (non-hydrogen) atoms. The summed E-state index contributed by atoms with van der Waals surface area (Å²) in [6, 6.07) is 10.9. The number of nitrogens with zero attached hydrogens (tertiary/aromatic N) is 1. The number of hydrogen-bond donors (Lipinski definition) is 1. The van der Waals surface area contributed by atoms with Gasteiger partial charge in [-0.15, -0.1) is 0 Å². The minimum Gasteiger partial charge on any atom is -0.463 e. The lowest BCUT2D eigenvalue weighted by molar-refractivity contribution is 0.251. The predicted octanol–water partition coefficient (Wildman–Crippen LogP) is 4.98. The molecule has 1 aromatic carbocycles. The highest BCUT2D eigenvalue weighted by Gasteiger charge is 2.08. The molecule has 0 aliphatic heterocycles. The molecule has 2 rings (SSSR count). The van der Waals surface area contributed by atoms with Crippen LogP contribution in [-0.2, 0) is 12.3 Å². The maximum Gasteiger partial charge on any atom is 0.284 e. The van der Waals surface area contributed by atoms with E-state index in [0.29, 0.717) is 41.1 Å². The second-order valence-corrected chi connectivity index (χ2v) is 5.99. The van der Waals surface area contributed by atoms with Crippen molar-refractivity contribution in [2.24, 2.45) is 0 Å². The van der Waals surface area contributed by atoms with Crippen molar-refractivity contribution in [3.8, 4) is 6.07 Å². The van der Waals surface area contributed by atoms with Crippen molar-refractivity contribution in [2.45, 2.75) is 18.1 Å². The maximum absolute atomic E-state index is 12.1. The second-order valence-electron chi connectivity index (χ2n) is 4.09. The summed E-state index contributed by atoms with van der Waals surface area (Å²) >= 11 is 3.83. The lowest BCUT2D eigenvalue weighted by Gasteiger charge is -2.06. The van der Waals surface area contributed by atoms with Crippen molar-refractivity contribution >= 4 is 33.4 Å². The van der Waals surface area contributed by atoms with Gasteiger partial charge in [0.25, 0.3) is 5.76 Å². The van der Waals surface area contributed by atoms with E-state index in [4.69, 9.17) is 9.68 Å². The van der Waals surface area contributed by atoms with Gasteiger partial charge in [0.05, 0.1) is 23.5 Å². The van der Waals surface area contributed by atoms with Gasteiger partial charge in [-0.3, -0.25) is 0 Å². The molecule has 2 aromatic rings. The Morgan fingerprint density at radius 1 is 1.29 bits per heavy atom. The Morgan fingerprint density at radius 2 is 2.05 bits per heavy atom. The highest BCUT2D eigenvalue weighted by Crippen LogP contribution is 2.23. The third-order valence-electron chi connectivity index (χ3n) is 2.62. The van der Waals surface area contributed by atoms with Crippen LogP contribution in [0, 0.1) is 11.3 Å². The number of hydrogen-bond acceptors (Lipinski definition) is 4. The van der Waals surface area contributed by atoms with E-state index < -0.39 is 5.76 Å². The quantitative estimate of drug-likeness (QED) is 0.776. The largest absolute Gasteiger partial charge is 0.463 e. The summed E-state index contributed by atoms with van der Waals surface area (Å²) in [6.07, 6.45) is 0. The van der Waals surface area contributed by atoms with E-state index in [0.717, 1.165) is 4.47 Å². The Balaban J connectivity index is 1.96.